The fourth-order valence-corrected chi connectivity index (χ4v) is 1.94. The van der Waals surface area contributed by atoms with Gasteiger partial charge in [-0.1, -0.05) is 23.4 Å². The molecule has 1 atom stereocenters. The Balaban J connectivity index is 1.59. The number of benzene rings is 1. The zero-order valence-corrected chi connectivity index (χ0v) is 9.51. The van der Waals surface area contributed by atoms with Gasteiger partial charge in [-0.25, -0.2) is 0 Å². The molecule has 1 aromatic carbocycles. The van der Waals surface area contributed by atoms with Crippen molar-refractivity contribution in [2.24, 2.45) is 0 Å². The fourth-order valence-electron chi connectivity index (χ4n) is 1.94. The van der Waals surface area contributed by atoms with Crippen LogP contribution in [-0.2, 0) is 6.42 Å². The number of rotatable bonds is 3. The zero-order chi connectivity index (χ0) is 11.7. The molecule has 1 N–H and O–H groups in total. The Morgan fingerprint density at radius 3 is 3.06 bits per heavy atom. The molecular formula is C12H13N3O2. The van der Waals surface area contributed by atoms with Gasteiger partial charge in [0.25, 0.3) is 0 Å². The van der Waals surface area contributed by atoms with Crippen LogP contribution in [0.5, 0.6) is 5.75 Å². The van der Waals surface area contributed by atoms with Crippen LogP contribution in [0.15, 0.2) is 28.8 Å². The van der Waals surface area contributed by atoms with Crippen molar-refractivity contribution in [3.8, 4) is 5.75 Å². The highest BCUT2D eigenvalue weighted by molar-refractivity contribution is 5.37. The number of aryl methyl sites for hydroxylation is 1. The molecule has 0 amide bonds. The monoisotopic (exact) mass is 231 g/mol. The lowest BCUT2D eigenvalue weighted by Gasteiger charge is -2.09. The highest BCUT2D eigenvalue weighted by atomic mass is 16.5. The molecule has 0 radical (unpaired) electrons. The summed E-state index contributed by atoms with van der Waals surface area (Å²) in [4.78, 5) is 4.08. The average molecular weight is 231 g/mol. The maximum Gasteiger partial charge on any atom is 0.321 e. The second-order valence-electron chi connectivity index (χ2n) is 4.08. The number of aromatic nitrogens is 2. The van der Waals surface area contributed by atoms with Crippen LogP contribution in [-0.4, -0.2) is 22.8 Å². The summed E-state index contributed by atoms with van der Waals surface area (Å²) in [7, 11) is 0. The lowest BCUT2D eigenvalue weighted by Crippen LogP contribution is -2.24. The van der Waals surface area contributed by atoms with Crippen molar-refractivity contribution in [2.45, 2.75) is 19.4 Å². The van der Waals surface area contributed by atoms with Gasteiger partial charge in [-0.15, -0.1) is 0 Å². The molecule has 0 fully saturated rings. The minimum atomic E-state index is 0.125. The van der Waals surface area contributed by atoms with Gasteiger partial charge in [0.15, 0.2) is 5.82 Å². The summed E-state index contributed by atoms with van der Waals surface area (Å²) in [5.41, 5.74) is 1.25. The van der Waals surface area contributed by atoms with Gasteiger partial charge in [-0.2, -0.15) is 4.98 Å². The average Bonchev–Trinajstić information content (AvgIpc) is 2.91. The quantitative estimate of drug-likeness (QED) is 0.872. The Kier molecular flexibility index (Phi) is 2.44. The molecule has 1 aromatic heterocycles. The van der Waals surface area contributed by atoms with Gasteiger partial charge in [-0.3, -0.25) is 0 Å². The molecule has 3 rings (SSSR count). The smallest absolute Gasteiger partial charge is 0.321 e. The number of hydrogen-bond acceptors (Lipinski definition) is 5. The topological polar surface area (TPSA) is 60.2 Å². The van der Waals surface area contributed by atoms with Crippen molar-refractivity contribution in [1.29, 1.82) is 0 Å². The largest absolute Gasteiger partial charge is 0.488 e. The van der Waals surface area contributed by atoms with E-state index < -0.39 is 0 Å². The van der Waals surface area contributed by atoms with E-state index in [0.717, 1.165) is 12.2 Å². The molecule has 1 aliphatic heterocycles. The Labute approximate surface area is 98.8 Å². The Morgan fingerprint density at radius 1 is 1.41 bits per heavy atom. The van der Waals surface area contributed by atoms with Gasteiger partial charge in [-0.05, 0) is 18.6 Å². The Bertz CT molecular complexity index is 499. The molecule has 0 saturated heterocycles. The predicted octanol–water partition coefficient (Wildman–Crippen LogP) is 1.79. The van der Waals surface area contributed by atoms with E-state index in [9.17, 15) is 0 Å². The van der Waals surface area contributed by atoms with Crippen LogP contribution in [0.3, 0.4) is 0 Å². The fraction of sp³-hybridized carbons (Fsp3) is 0.333. The summed E-state index contributed by atoms with van der Waals surface area (Å²) >= 11 is 0. The van der Waals surface area contributed by atoms with Crippen LogP contribution in [0, 0.1) is 6.92 Å². The number of hydrogen-bond donors (Lipinski definition) is 1. The van der Waals surface area contributed by atoms with Crippen LogP contribution in [0.25, 0.3) is 0 Å². The van der Waals surface area contributed by atoms with E-state index in [2.05, 4.69) is 21.5 Å². The van der Waals surface area contributed by atoms with Gasteiger partial charge in [0.1, 0.15) is 11.9 Å². The molecule has 1 aliphatic rings. The second-order valence-corrected chi connectivity index (χ2v) is 4.08. The van der Waals surface area contributed by atoms with Crippen molar-refractivity contribution in [3.63, 3.8) is 0 Å². The number of para-hydroxylation sites is 1. The van der Waals surface area contributed by atoms with E-state index in [-0.39, 0.29) is 6.10 Å². The minimum Gasteiger partial charge on any atom is -0.488 e. The molecule has 0 spiro atoms. The third-order valence-corrected chi connectivity index (χ3v) is 2.72. The minimum absolute atomic E-state index is 0.125. The summed E-state index contributed by atoms with van der Waals surface area (Å²) in [6.45, 7) is 2.45. The molecule has 1 unspecified atom stereocenters. The summed E-state index contributed by atoms with van der Waals surface area (Å²) in [5, 5.41) is 6.79. The van der Waals surface area contributed by atoms with E-state index in [1.807, 2.05) is 18.2 Å². The molecule has 17 heavy (non-hydrogen) atoms. The van der Waals surface area contributed by atoms with E-state index >= 15 is 0 Å². The van der Waals surface area contributed by atoms with Gasteiger partial charge in [0, 0.05) is 6.42 Å². The number of anilines is 1. The van der Waals surface area contributed by atoms with Crippen molar-refractivity contribution in [1.82, 2.24) is 10.1 Å². The van der Waals surface area contributed by atoms with Crippen LogP contribution in [0.4, 0.5) is 6.01 Å². The molecular weight excluding hydrogens is 218 g/mol. The highest BCUT2D eigenvalue weighted by Crippen LogP contribution is 2.28. The van der Waals surface area contributed by atoms with E-state index in [1.54, 1.807) is 6.92 Å². The summed E-state index contributed by atoms with van der Waals surface area (Å²) in [5.74, 6) is 1.60. The third kappa shape index (κ3) is 2.08. The summed E-state index contributed by atoms with van der Waals surface area (Å²) in [6, 6.07) is 8.54. The van der Waals surface area contributed by atoms with Gasteiger partial charge in [0.05, 0.1) is 6.54 Å². The zero-order valence-electron chi connectivity index (χ0n) is 9.51. The SMILES string of the molecule is Cc1noc(NCC2Cc3ccccc3O2)n1. The van der Waals surface area contributed by atoms with Crippen molar-refractivity contribution >= 4 is 6.01 Å². The van der Waals surface area contributed by atoms with E-state index in [4.69, 9.17) is 9.26 Å². The van der Waals surface area contributed by atoms with Gasteiger partial charge >= 0.3 is 6.01 Å². The molecule has 0 saturated carbocycles. The molecule has 2 heterocycles. The molecule has 0 bridgehead atoms. The Morgan fingerprint density at radius 2 is 2.29 bits per heavy atom. The van der Waals surface area contributed by atoms with E-state index in [0.29, 0.717) is 18.4 Å². The molecule has 0 aliphatic carbocycles. The van der Waals surface area contributed by atoms with Crippen LogP contribution in [0.2, 0.25) is 0 Å². The normalized spacial score (nSPS) is 17.6. The first-order valence-electron chi connectivity index (χ1n) is 5.60. The Hall–Kier alpha value is -2.04. The lowest BCUT2D eigenvalue weighted by atomic mass is 10.1. The predicted molar refractivity (Wildman–Crippen MR) is 62.1 cm³/mol. The third-order valence-electron chi connectivity index (χ3n) is 2.72. The molecule has 5 heteroatoms. The molecule has 88 valence electrons. The van der Waals surface area contributed by atoms with Crippen LogP contribution < -0.4 is 10.1 Å². The van der Waals surface area contributed by atoms with Crippen LogP contribution in [0.1, 0.15) is 11.4 Å². The first-order valence-corrected chi connectivity index (χ1v) is 5.60. The molecule has 5 nitrogen and oxygen atoms in total. The first-order chi connectivity index (χ1) is 8.31. The first kappa shape index (κ1) is 10.1. The van der Waals surface area contributed by atoms with E-state index in [1.165, 1.54) is 5.56 Å². The van der Waals surface area contributed by atoms with Crippen LogP contribution >= 0.6 is 0 Å². The second kappa shape index (κ2) is 4.08. The summed E-state index contributed by atoms with van der Waals surface area (Å²) in [6.07, 6.45) is 1.04. The number of nitrogens with zero attached hydrogens (tertiary/aromatic N) is 2. The number of ether oxygens (including phenoxy) is 1. The van der Waals surface area contributed by atoms with Crippen molar-refractivity contribution < 1.29 is 9.26 Å². The van der Waals surface area contributed by atoms with Crippen molar-refractivity contribution in [3.05, 3.63) is 35.7 Å². The summed E-state index contributed by atoms with van der Waals surface area (Å²) < 4.78 is 10.8. The van der Waals surface area contributed by atoms with Gasteiger partial charge in [0.2, 0.25) is 0 Å². The molecule has 2 aromatic rings. The van der Waals surface area contributed by atoms with Gasteiger partial charge < -0.3 is 14.6 Å². The number of nitrogens with one attached hydrogen (secondary N) is 1. The number of fused-ring (bicyclic) bond motifs is 1. The highest BCUT2D eigenvalue weighted by Gasteiger charge is 2.22. The maximum atomic E-state index is 5.78. The maximum absolute atomic E-state index is 5.78. The standard InChI is InChI=1S/C12H13N3O2/c1-8-14-12(17-15-8)13-7-10-6-9-4-2-3-5-11(9)16-10/h2-5,10H,6-7H2,1H3,(H,13,14,15). The lowest BCUT2D eigenvalue weighted by molar-refractivity contribution is 0.244. The van der Waals surface area contributed by atoms with Crippen molar-refractivity contribution in [2.75, 3.05) is 11.9 Å².